The van der Waals surface area contributed by atoms with E-state index in [1.165, 1.54) is 0 Å². The second-order valence-electron chi connectivity index (χ2n) is 4.07. The standard InChI is InChI=1S/C13H17N3O/c14-9-11-3-1-2-4-13(11)16-6-5-12-10-15-7-8-17-12/h1-4,12,15-16H,5-8,10H2. The van der Waals surface area contributed by atoms with Gasteiger partial charge >= 0.3 is 0 Å². The largest absolute Gasteiger partial charge is 0.384 e. The summed E-state index contributed by atoms with van der Waals surface area (Å²) in [7, 11) is 0. The summed E-state index contributed by atoms with van der Waals surface area (Å²) in [5.74, 6) is 0. The molecule has 0 radical (unpaired) electrons. The third kappa shape index (κ3) is 3.45. The van der Waals surface area contributed by atoms with Crippen molar-refractivity contribution < 1.29 is 4.74 Å². The lowest BCUT2D eigenvalue weighted by atomic mass is 10.2. The Morgan fingerprint density at radius 2 is 2.35 bits per heavy atom. The van der Waals surface area contributed by atoms with Gasteiger partial charge in [0.05, 0.1) is 24.0 Å². The van der Waals surface area contributed by atoms with E-state index in [4.69, 9.17) is 10.00 Å². The number of morpholine rings is 1. The zero-order valence-corrected chi connectivity index (χ0v) is 9.78. The van der Waals surface area contributed by atoms with Crippen molar-refractivity contribution in [2.75, 3.05) is 31.6 Å². The zero-order valence-electron chi connectivity index (χ0n) is 9.78. The highest BCUT2D eigenvalue weighted by atomic mass is 16.5. The van der Waals surface area contributed by atoms with Crippen LogP contribution in [0.5, 0.6) is 0 Å². The van der Waals surface area contributed by atoms with Crippen molar-refractivity contribution in [3.8, 4) is 6.07 Å². The van der Waals surface area contributed by atoms with E-state index in [2.05, 4.69) is 16.7 Å². The molecule has 17 heavy (non-hydrogen) atoms. The van der Waals surface area contributed by atoms with E-state index >= 15 is 0 Å². The molecule has 2 rings (SSSR count). The molecule has 1 aliphatic heterocycles. The second-order valence-corrected chi connectivity index (χ2v) is 4.07. The first-order chi connectivity index (χ1) is 8.40. The van der Waals surface area contributed by atoms with E-state index in [-0.39, 0.29) is 6.10 Å². The van der Waals surface area contributed by atoms with Crippen molar-refractivity contribution in [1.82, 2.24) is 5.32 Å². The van der Waals surface area contributed by atoms with Gasteiger partial charge in [-0.2, -0.15) is 5.26 Å². The van der Waals surface area contributed by atoms with Crippen LogP contribution in [0.3, 0.4) is 0 Å². The molecule has 1 atom stereocenters. The zero-order chi connectivity index (χ0) is 11.9. The van der Waals surface area contributed by atoms with Gasteiger partial charge in [-0.15, -0.1) is 0 Å². The summed E-state index contributed by atoms with van der Waals surface area (Å²) < 4.78 is 5.60. The van der Waals surface area contributed by atoms with Crippen LogP contribution in [0.2, 0.25) is 0 Å². The molecule has 0 amide bonds. The van der Waals surface area contributed by atoms with Crippen LogP contribution in [-0.4, -0.2) is 32.3 Å². The Kier molecular flexibility index (Phi) is 4.37. The molecule has 4 nitrogen and oxygen atoms in total. The summed E-state index contributed by atoms with van der Waals surface area (Å²) in [5.41, 5.74) is 1.59. The molecule has 1 saturated heterocycles. The van der Waals surface area contributed by atoms with Gasteiger partial charge < -0.3 is 15.4 Å². The van der Waals surface area contributed by atoms with Gasteiger partial charge in [0.15, 0.2) is 0 Å². The van der Waals surface area contributed by atoms with Crippen molar-refractivity contribution in [1.29, 1.82) is 5.26 Å². The minimum Gasteiger partial charge on any atom is -0.384 e. The topological polar surface area (TPSA) is 57.1 Å². The average Bonchev–Trinajstić information content (AvgIpc) is 2.40. The highest BCUT2D eigenvalue weighted by Crippen LogP contribution is 2.13. The van der Waals surface area contributed by atoms with Crippen molar-refractivity contribution in [2.24, 2.45) is 0 Å². The lowest BCUT2D eigenvalue weighted by molar-refractivity contribution is 0.0258. The number of ether oxygens (including phenoxy) is 1. The molecule has 1 aliphatic rings. The number of para-hydroxylation sites is 1. The first-order valence-corrected chi connectivity index (χ1v) is 5.95. The van der Waals surface area contributed by atoms with Gasteiger partial charge in [-0.1, -0.05) is 12.1 Å². The van der Waals surface area contributed by atoms with Crippen LogP contribution in [0.15, 0.2) is 24.3 Å². The molecule has 0 bridgehead atoms. The number of hydrogen-bond acceptors (Lipinski definition) is 4. The van der Waals surface area contributed by atoms with Crippen molar-refractivity contribution in [3.63, 3.8) is 0 Å². The summed E-state index contributed by atoms with van der Waals surface area (Å²) in [6.45, 7) is 3.48. The highest BCUT2D eigenvalue weighted by Gasteiger charge is 2.12. The fourth-order valence-corrected chi connectivity index (χ4v) is 1.91. The monoisotopic (exact) mass is 231 g/mol. The molecular weight excluding hydrogens is 214 g/mol. The summed E-state index contributed by atoms with van der Waals surface area (Å²) >= 11 is 0. The van der Waals surface area contributed by atoms with Crippen molar-refractivity contribution in [2.45, 2.75) is 12.5 Å². The van der Waals surface area contributed by atoms with E-state index in [0.29, 0.717) is 5.56 Å². The van der Waals surface area contributed by atoms with Crippen LogP contribution in [0.25, 0.3) is 0 Å². The van der Waals surface area contributed by atoms with E-state index < -0.39 is 0 Å². The Labute approximate surface area is 102 Å². The van der Waals surface area contributed by atoms with E-state index in [1.807, 2.05) is 24.3 Å². The summed E-state index contributed by atoms with van der Waals surface area (Å²) in [6.07, 6.45) is 1.23. The molecule has 1 aromatic carbocycles. The number of nitrogens with zero attached hydrogens (tertiary/aromatic N) is 1. The fourth-order valence-electron chi connectivity index (χ4n) is 1.91. The molecule has 4 heteroatoms. The third-order valence-corrected chi connectivity index (χ3v) is 2.83. The predicted octanol–water partition coefficient (Wildman–Crippen LogP) is 1.35. The SMILES string of the molecule is N#Cc1ccccc1NCCC1CNCCO1. The molecule has 0 aliphatic carbocycles. The molecule has 1 heterocycles. The lowest BCUT2D eigenvalue weighted by Crippen LogP contribution is -2.39. The molecular formula is C13H17N3O. The number of nitrogens with one attached hydrogen (secondary N) is 2. The first kappa shape index (κ1) is 11.9. The third-order valence-electron chi connectivity index (χ3n) is 2.83. The molecule has 90 valence electrons. The summed E-state index contributed by atoms with van der Waals surface area (Å²) in [4.78, 5) is 0. The number of hydrogen-bond donors (Lipinski definition) is 2. The molecule has 0 aromatic heterocycles. The van der Waals surface area contributed by atoms with Gasteiger partial charge in [0.2, 0.25) is 0 Å². The van der Waals surface area contributed by atoms with Gasteiger partial charge in [0.1, 0.15) is 6.07 Å². The first-order valence-electron chi connectivity index (χ1n) is 5.95. The van der Waals surface area contributed by atoms with Crippen molar-refractivity contribution in [3.05, 3.63) is 29.8 Å². The Balaban J connectivity index is 1.79. The Bertz CT molecular complexity index is 394. The normalized spacial score (nSPS) is 19.6. The maximum atomic E-state index is 8.94. The molecule has 0 saturated carbocycles. The molecule has 2 N–H and O–H groups in total. The van der Waals surface area contributed by atoms with Crippen LogP contribution < -0.4 is 10.6 Å². The summed E-state index contributed by atoms with van der Waals surface area (Å²) in [5, 5.41) is 15.5. The quantitative estimate of drug-likeness (QED) is 0.821. The Morgan fingerprint density at radius 3 is 3.12 bits per heavy atom. The smallest absolute Gasteiger partial charge is 0.101 e. The van der Waals surface area contributed by atoms with Crippen molar-refractivity contribution >= 4 is 5.69 Å². The van der Waals surface area contributed by atoms with Gasteiger partial charge in [0.25, 0.3) is 0 Å². The Hall–Kier alpha value is -1.57. The lowest BCUT2D eigenvalue weighted by Gasteiger charge is -2.23. The van der Waals surface area contributed by atoms with Crippen LogP contribution in [0.1, 0.15) is 12.0 Å². The van der Waals surface area contributed by atoms with Gasteiger partial charge in [-0.25, -0.2) is 0 Å². The molecule has 1 aromatic rings. The van der Waals surface area contributed by atoms with Crippen LogP contribution >= 0.6 is 0 Å². The minimum atomic E-state index is 0.283. The highest BCUT2D eigenvalue weighted by molar-refractivity contribution is 5.56. The molecule has 0 spiro atoms. The Morgan fingerprint density at radius 1 is 1.47 bits per heavy atom. The minimum absolute atomic E-state index is 0.283. The fraction of sp³-hybridized carbons (Fsp3) is 0.462. The molecule has 1 fully saturated rings. The molecule has 1 unspecified atom stereocenters. The van der Waals surface area contributed by atoms with Gasteiger partial charge in [-0.3, -0.25) is 0 Å². The number of rotatable bonds is 4. The maximum absolute atomic E-state index is 8.94. The summed E-state index contributed by atoms with van der Waals surface area (Å²) in [6, 6.07) is 9.73. The maximum Gasteiger partial charge on any atom is 0.101 e. The van der Waals surface area contributed by atoms with E-state index in [9.17, 15) is 0 Å². The second kappa shape index (κ2) is 6.24. The number of benzene rings is 1. The average molecular weight is 231 g/mol. The van der Waals surface area contributed by atoms with E-state index in [1.54, 1.807) is 0 Å². The van der Waals surface area contributed by atoms with Gasteiger partial charge in [-0.05, 0) is 18.6 Å². The number of nitriles is 1. The van der Waals surface area contributed by atoms with E-state index in [0.717, 1.165) is 38.3 Å². The predicted molar refractivity (Wildman–Crippen MR) is 66.9 cm³/mol. The van der Waals surface area contributed by atoms with Crippen LogP contribution in [0, 0.1) is 11.3 Å². The van der Waals surface area contributed by atoms with Gasteiger partial charge in [0, 0.05) is 19.6 Å². The number of anilines is 1. The van der Waals surface area contributed by atoms with Crippen LogP contribution in [0.4, 0.5) is 5.69 Å². The van der Waals surface area contributed by atoms with Crippen LogP contribution in [-0.2, 0) is 4.74 Å².